The van der Waals surface area contributed by atoms with Crippen LogP contribution in [-0.2, 0) is 20.8 Å². The number of nitrogens with one attached hydrogen (secondary N) is 1. The average molecular weight is 330 g/mol. The second-order valence-corrected chi connectivity index (χ2v) is 6.47. The number of carbonyl (C=O) groups excluding carboxylic acids is 3. The summed E-state index contributed by atoms with van der Waals surface area (Å²) in [6.45, 7) is 4.55. The zero-order valence-electron chi connectivity index (χ0n) is 14.5. The molecule has 1 aromatic carbocycles. The number of hydrogen-bond acceptors (Lipinski definition) is 3. The van der Waals surface area contributed by atoms with Gasteiger partial charge in [-0.15, -0.1) is 0 Å². The van der Waals surface area contributed by atoms with Crippen molar-refractivity contribution in [2.24, 2.45) is 5.92 Å². The predicted molar refractivity (Wildman–Crippen MR) is 92.4 cm³/mol. The summed E-state index contributed by atoms with van der Waals surface area (Å²) in [7, 11) is 0. The summed E-state index contributed by atoms with van der Waals surface area (Å²) in [5.74, 6) is -0.631. The molecule has 0 aliphatic carbocycles. The molecule has 24 heavy (non-hydrogen) atoms. The van der Waals surface area contributed by atoms with E-state index in [0.29, 0.717) is 19.5 Å². The van der Waals surface area contributed by atoms with E-state index < -0.39 is 5.91 Å². The molecule has 5 heteroatoms. The van der Waals surface area contributed by atoms with E-state index in [1.54, 1.807) is 4.90 Å². The van der Waals surface area contributed by atoms with Gasteiger partial charge in [-0.25, -0.2) is 0 Å². The highest BCUT2D eigenvalue weighted by Gasteiger charge is 2.36. The maximum Gasteiger partial charge on any atom is 0.290 e. The number of Topliss-reactive ketones (excluding diaryl/α,β-unsaturated/α-hetero) is 1. The highest BCUT2D eigenvalue weighted by Crippen LogP contribution is 2.22. The lowest BCUT2D eigenvalue weighted by Gasteiger charge is -2.17. The van der Waals surface area contributed by atoms with E-state index in [4.69, 9.17) is 0 Å². The number of carbonyl (C=O) groups is 3. The van der Waals surface area contributed by atoms with Crippen molar-refractivity contribution in [2.45, 2.75) is 45.6 Å². The Kier molecular flexibility index (Phi) is 6.53. The third kappa shape index (κ3) is 4.91. The van der Waals surface area contributed by atoms with E-state index in [1.807, 2.05) is 30.3 Å². The summed E-state index contributed by atoms with van der Waals surface area (Å²) >= 11 is 0. The Bertz CT molecular complexity index is 586. The van der Waals surface area contributed by atoms with Crippen molar-refractivity contribution in [3.8, 4) is 0 Å². The molecule has 1 heterocycles. The first-order valence-electron chi connectivity index (χ1n) is 8.64. The number of aryl methyl sites for hydroxylation is 1. The zero-order chi connectivity index (χ0) is 17.5. The number of amides is 2. The van der Waals surface area contributed by atoms with Crippen molar-refractivity contribution >= 4 is 17.6 Å². The normalized spacial score (nSPS) is 20.0. The molecule has 0 saturated carbocycles. The molecule has 1 saturated heterocycles. The zero-order valence-corrected chi connectivity index (χ0v) is 14.5. The Labute approximate surface area is 143 Å². The molecule has 1 aromatic rings. The third-order valence-corrected chi connectivity index (χ3v) is 4.50. The van der Waals surface area contributed by atoms with Gasteiger partial charge >= 0.3 is 0 Å². The molecule has 0 spiro atoms. The van der Waals surface area contributed by atoms with Crippen LogP contribution in [0.5, 0.6) is 0 Å². The maximum atomic E-state index is 12.4. The lowest BCUT2D eigenvalue weighted by Crippen LogP contribution is -2.41. The molecule has 1 fully saturated rings. The van der Waals surface area contributed by atoms with Crippen LogP contribution < -0.4 is 5.32 Å². The first-order chi connectivity index (χ1) is 11.5. The van der Waals surface area contributed by atoms with Crippen LogP contribution in [0.2, 0.25) is 0 Å². The van der Waals surface area contributed by atoms with Crippen molar-refractivity contribution in [3.63, 3.8) is 0 Å². The van der Waals surface area contributed by atoms with Gasteiger partial charge in [-0.3, -0.25) is 14.4 Å². The summed E-state index contributed by atoms with van der Waals surface area (Å²) in [6, 6.07) is 9.64. The number of ketones is 1. The van der Waals surface area contributed by atoms with Crippen molar-refractivity contribution in [1.82, 2.24) is 10.2 Å². The van der Waals surface area contributed by atoms with Gasteiger partial charge in [0.1, 0.15) is 0 Å². The molecule has 0 bridgehead atoms. The van der Waals surface area contributed by atoms with Crippen LogP contribution in [0.4, 0.5) is 0 Å². The van der Waals surface area contributed by atoms with Gasteiger partial charge in [0.25, 0.3) is 5.91 Å². The van der Waals surface area contributed by atoms with Gasteiger partial charge in [0.2, 0.25) is 11.7 Å². The van der Waals surface area contributed by atoms with Crippen LogP contribution in [-0.4, -0.2) is 41.6 Å². The monoisotopic (exact) mass is 330 g/mol. The summed E-state index contributed by atoms with van der Waals surface area (Å²) in [4.78, 5) is 37.6. The smallest absolute Gasteiger partial charge is 0.290 e. The second-order valence-electron chi connectivity index (χ2n) is 6.47. The fourth-order valence-electron chi connectivity index (χ4n) is 3.31. The van der Waals surface area contributed by atoms with E-state index in [2.05, 4.69) is 12.2 Å². The highest BCUT2D eigenvalue weighted by molar-refractivity contribution is 6.36. The Morgan fingerprint density at radius 3 is 2.50 bits per heavy atom. The first-order valence-corrected chi connectivity index (χ1v) is 8.64. The van der Waals surface area contributed by atoms with E-state index >= 15 is 0 Å². The Balaban J connectivity index is 1.91. The molecule has 0 unspecified atom stereocenters. The van der Waals surface area contributed by atoms with Crippen LogP contribution in [0.25, 0.3) is 0 Å². The van der Waals surface area contributed by atoms with Crippen molar-refractivity contribution in [3.05, 3.63) is 35.9 Å². The van der Waals surface area contributed by atoms with E-state index in [-0.39, 0.29) is 30.1 Å². The van der Waals surface area contributed by atoms with E-state index in [1.165, 1.54) is 6.92 Å². The van der Waals surface area contributed by atoms with Crippen LogP contribution in [0.3, 0.4) is 0 Å². The molecular formula is C19H26N2O3. The molecule has 2 amide bonds. The van der Waals surface area contributed by atoms with Crippen LogP contribution in [0.1, 0.15) is 38.7 Å². The molecule has 1 N–H and O–H groups in total. The quantitative estimate of drug-likeness (QED) is 0.777. The Hall–Kier alpha value is -2.17. The topological polar surface area (TPSA) is 66.5 Å². The van der Waals surface area contributed by atoms with E-state index in [9.17, 15) is 14.4 Å². The first kappa shape index (κ1) is 18.2. The number of nitrogens with zero attached hydrogens (tertiary/aromatic N) is 1. The van der Waals surface area contributed by atoms with Gasteiger partial charge in [-0.05, 0) is 24.3 Å². The van der Waals surface area contributed by atoms with Crippen LogP contribution >= 0.6 is 0 Å². The largest absolute Gasteiger partial charge is 0.351 e. The fourth-order valence-corrected chi connectivity index (χ4v) is 3.31. The number of benzene rings is 1. The third-order valence-electron chi connectivity index (χ3n) is 4.50. The number of rotatable bonds is 7. The number of likely N-dealkylation sites (tertiary alicyclic amines) is 1. The molecule has 0 radical (unpaired) electrons. The standard InChI is InChI=1S/C19H26N2O3/c1-3-7-16-12-21(13-17(16)20-14(2)22)19(24)18(23)11-10-15-8-5-4-6-9-15/h4-6,8-9,16-17H,3,7,10-13H2,1-2H3,(H,20,22)/t16-,17-/m1/s1. The number of hydrogen-bond donors (Lipinski definition) is 1. The minimum absolute atomic E-state index is 0.0478. The van der Waals surface area contributed by atoms with E-state index in [0.717, 1.165) is 18.4 Å². The summed E-state index contributed by atoms with van der Waals surface area (Å²) < 4.78 is 0. The lowest BCUT2D eigenvalue weighted by atomic mass is 9.98. The predicted octanol–water partition coefficient (Wildman–Crippen LogP) is 1.95. The molecule has 2 rings (SSSR count). The second kappa shape index (κ2) is 8.62. The van der Waals surface area contributed by atoms with Gasteiger partial charge < -0.3 is 10.2 Å². The SMILES string of the molecule is CCC[C@@H]1CN(C(=O)C(=O)CCc2ccccc2)C[C@H]1NC(C)=O. The highest BCUT2D eigenvalue weighted by atomic mass is 16.2. The Morgan fingerprint density at radius 1 is 1.17 bits per heavy atom. The maximum absolute atomic E-state index is 12.4. The average Bonchev–Trinajstić information content (AvgIpc) is 2.95. The van der Waals surface area contributed by atoms with Crippen molar-refractivity contribution < 1.29 is 14.4 Å². The summed E-state index contributed by atoms with van der Waals surface area (Å²) in [5, 5.41) is 2.91. The minimum atomic E-state index is -0.417. The Morgan fingerprint density at radius 2 is 1.88 bits per heavy atom. The van der Waals surface area contributed by atoms with Gasteiger partial charge in [0, 0.05) is 26.4 Å². The lowest BCUT2D eigenvalue weighted by molar-refractivity contribution is -0.144. The van der Waals surface area contributed by atoms with Gasteiger partial charge in [-0.1, -0.05) is 43.7 Å². The minimum Gasteiger partial charge on any atom is -0.351 e. The van der Waals surface area contributed by atoms with Crippen molar-refractivity contribution in [2.75, 3.05) is 13.1 Å². The summed E-state index contributed by atoms with van der Waals surface area (Å²) in [6.07, 6.45) is 2.73. The van der Waals surface area contributed by atoms with Gasteiger partial charge in [0.05, 0.1) is 6.04 Å². The molecule has 5 nitrogen and oxygen atoms in total. The van der Waals surface area contributed by atoms with Crippen molar-refractivity contribution in [1.29, 1.82) is 0 Å². The molecule has 0 aromatic heterocycles. The summed E-state index contributed by atoms with van der Waals surface area (Å²) in [5.41, 5.74) is 1.06. The fraction of sp³-hybridized carbons (Fsp3) is 0.526. The molecule has 130 valence electrons. The van der Waals surface area contributed by atoms with Crippen LogP contribution in [0, 0.1) is 5.92 Å². The molecule has 1 aliphatic heterocycles. The van der Waals surface area contributed by atoms with Gasteiger partial charge in [0.15, 0.2) is 0 Å². The molecule has 2 atom stereocenters. The molecule has 1 aliphatic rings. The van der Waals surface area contributed by atoms with Crippen LogP contribution in [0.15, 0.2) is 30.3 Å². The van der Waals surface area contributed by atoms with Gasteiger partial charge in [-0.2, -0.15) is 0 Å². The molecular weight excluding hydrogens is 304 g/mol.